The number of hydrogen-bond donors (Lipinski definition) is 4. The number of nitrogens with two attached hydrogens (primary N) is 1. The average molecular weight is 479 g/mol. The number of carboxylic acids is 1. The van der Waals surface area contributed by atoms with Crippen LogP contribution in [-0.4, -0.2) is 46.5 Å². The maximum absolute atomic E-state index is 12.4. The Labute approximate surface area is 201 Å². The molecular formula is C25H26N4O6. The molecule has 3 aromatic rings. The molecule has 0 bridgehead atoms. The van der Waals surface area contributed by atoms with Crippen LogP contribution in [0.2, 0.25) is 0 Å². The van der Waals surface area contributed by atoms with Gasteiger partial charge in [-0.2, -0.15) is 0 Å². The van der Waals surface area contributed by atoms with Crippen LogP contribution in [-0.2, 0) is 25.6 Å². The van der Waals surface area contributed by atoms with Crippen LogP contribution in [0.3, 0.4) is 0 Å². The molecule has 10 heteroatoms. The number of carbonyl (C=O) groups excluding carboxylic acids is 3. The molecule has 182 valence electrons. The van der Waals surface area contributed by atoms with Crippen LogP contribution in [0.25, 0.3) is 22.4 Å². The summed E-state index contributed by atoms with van der Waals surface area (Å²) in [6, 6.07) is 18.5. The third-order valence-electron chi connectivity index (χ3n) is 5.18. The van der Waals surface area contributed by atoms with Gasteiger partial charge in [0.2, 0.25) is 17.7 Å². The molecule has 0 aliphatic heterocycles. The summed E-state index contributed by atoms with van der Waals surface area (Å²) < 4.78 is 5.34. The van der Waals surface area contributed by atoms with Gasteiger partial charge in [0.05, 0.1) is 6.54 Å². The molecule has 3 amide bonds. The van der Waals surface area contributed by atoms with Gasteiger partial charge in [0.1, 0.15) is 17.5 Å². The number of aliphatic carboxylic acids is 1. The summed E-state index contributed by atoms with van der Waals surface area (Å²) in [6.07, 6.45) is -0.232. The Morgan fingerprint density at radius 2 is 1.60 bits per heavy atom. The number of nitrogens with one attached hydrogen (secondary N) is 2. The molecule has 0 aliphatic rings. The molecule has 0 fully saturated rings. The molecule has 1 atom stereocenters. The third-order valence-corrected chi connectivity index (χ3v) is 5.18. The second-order valence-electron chi connectivity index (χ2n) is 7.86. The maximum atomic E-state index is 12.4. The van der Waals surface area contributed by atoms with E-state index in [0.717, 1.165) is 16.7 Å². The van der Waals surface area contributed by atoms with Crippen molar-refractivity contribution in [1.29, 1.82) is 0 Å². The summed E-state index contributed by atoms with van der Waals surface area (Å²) in [7, 11) is 0. The molecular weight excluding hydrogens is 452 g/mol. The van der Waals surface area contributed by atoms with Gasteiger partial charge in [-0.05, 0) is 17.5 Å². The first-order valence-electron chi connectivity index (χ1n) is 11.0. The quantitative estimate of drug-likeness (QED) is 0.309. The zero-order valence-electron chi connectivity index (χ0n) is 18.9. The Morgan fingerprint density at radius 1 is 0.943 bits per heavy atom. The van der Waals surface area contributed by atoms with Gasteiger partial charge in [-0.3, -0.25) is 19.2 Å². The summed E-state index contributed by atoms with van der Waals surface area (Å²) in [5.74, 6) is -2.53. The number of primary amides is 1. The number of aryl methyl sites for hydroxylation is 1. The Balaban J connectivity index is 1.55. The highest BCUT2D eigenvalue weighted by atomic mass is 16.5. The van der Waals surface area contributed by atoms with Gasteiger partial charge < -0.3 is 26.0 Å². The van der Waals surface area contributed by atoms with Crippen molar-refractivity contribution in [3.05, 3.63) is 66.4 Å². The third kappa shape index (κ3) is 7.81. The minimum absolute atomic E-state index is 0.00571. The lowest BCUT2D eigenvalue weighted by molar-refractivity contribution is -0.138. The van der Waals surface area contributed by atoms with E-state index in [-0.39, 0.29) is 25.7 Å². The topological polar surface area (TPSA) is 165 Å². The first-order chi connectivity index (χ1) is 16.8. The van der Waals surface area contributed by atoms with E-state index in [1.54, 1.807) is 6.07 Å². The molecule has 10 nitrogen and oxygen atoms in total. The van der Waals surface area contributed by atoms with Crippen LogP contribution in [0.5, 0.6) is 0 Å². The lowest BCUT2D eigenvalue weighted by atomic mass is 10.0. The molecule has 1 heterocycles. The normalized spacial score (nSPS) is 11.4. The van der Waals surface area contributed by atoms with Crippen LogP contribution in [0.15, 0.2) is 65.2 Å². The van der Waals surface area contributed by atoms with E-state index in [0.29, 0.717) is 11.5 Å². The number of aromatic nitrogens is 1. The minimum Gasteiger partial charge on any atom is -0.481 e. The predicted octanol–water partition coefficient (Wildman–Crippen LogP) is 1.89. The molecule has 3 rings (SSSR count). The van der Waals surface area contributed by atoms with Gasteiger partial charge in [0.15, 0.2) is 0 Å². The molecule has 1 aromatic heterocycles. The average Bonchev–Trinajstić information content (AvgIpc) is 3.33. The molecule has 0 unspecified atom stereocenters. The van der Waals surface area contributed by atoms with Crippen molar-refractivity contribution in [2.24, 2.45) is 5.73 Å². The van der Waals surface area contributed by atoms with Crippen molar-refractivity contribution < 1.29 is 28.8 Å². The Morgan fingerprint density at radius 3 is 2.26 bits per heavy atom. The van der Waals surface area contributed by atoms with Crippen molar-refractivity contribution in [3.8, 4) is 22.4 Å². The highest BCUT2D eigenvalue weighted by Crippen LogP contribution is 2.25. The monoisotopic (exact) mass is 478 g/mol. The van der Waals surface area contributed by atoms with Crippen LogP contribution in [0, 0.1) is 0 Å². The molecule has 35 heavy (non-hydrogen) atoms. The maximum Gasteiger partial charge on any atom is 0.303 e. The Hall–Kier alpha value is -4.47. The molecule has 0 spiro atoms. The highest BCUT2D eigenvalue weighted by Gasteiger charge is 2.22. The number of hydrogen-bond acceptors (Lipinski definition) is 6. The Bertz CT molecular complexity index is 1170. The largest absolute Gasteiger partial charge is 0.481 e. The number of carboxylic acid groups (broad SMARTS) is 1. The fourth-order valence-electron chi connectivity index (χ4n) is 3.37. The van der Waals surface area contributed by atoms with Gasteiger partial charge in [-0.15, -0.1) is 0 Å². The number of amides is 3. The molecule has 0 saturated carbocycles. The van der Waals surface area contributed by atoms with Crippen molar-refractivity contribution in [2.75, 3.05) is 6.54 Å². The van der Waals surface area contributed by atoms with E-state index < -0.39 is 36.3 Å². The SMILES string of the molecule is NC(=O)CNC(=O)[C@H](CCC(=O)O)NC(=O)CCc1cc(-c2ccc(-c3ccccc3)cc2)no1. The van der Waals surface area contributed by atoms with Gasteiger partial charge in [-0.25, -0.2) is 0 Å². The lowest BCUT2D eigenvalue weighted by Gasteiger charge is -2.17. The number of carbonyl (C=O) groups is 4. The highest BCUT2D eigenvalue weighted by molar-refractivity contribution is 5.90. The van der Waals surface area contributed by atoms with Gasteiger partial charge >= 0.3 is 5.97 Å². The van der Waals surface area contributed by atoms with Crippen LogP contribution in [0.1, 0.15) is 25.0 Å². The van der Waals surface area contributed by atoms with E-state index in [4.69, 9.17) is 15.4 Å². The van der Waals surface area contributed by atoms with Crippen molar-refractivity contribution >= 4 is 23.7 Å². The number of rotatable bonds is 12. The van der Waals surface area contributed by atoms with E-state index in [9.17, 15) is 19.2 Å². The van der Waals surface area contributed by atoms with Gasteiger partial charge in [0.25, 0.3) is 0 Å². The van der Waals surface area contributed by atoms with Gasteiger partial charge in [0, 0.05) is 30.9 Å². The second-order valence-corrected chi connectivity index (χ2v) is 7.86. The van der Waals surface area contributed by atoms with E-state index in [1.165, 1.54) is 0 Å². The minimum atomic E-state index is -1.11. The molecule has 0 saturated heterocycles. The Kier molecular flexibility index (Phi) is 8.71. The van der Waals surface area contributed by atoms with Crippen LogP contribution < -0.4 is 16.4 Å². The van der Waals surface area contributed by atoms with E-state index in [1.807, 2.05) is 54.6 Å². The molecule has 2 aromatic carbocycles. The van der Waals surface area contributed by atoms with Crippen LogP contribution >= 0.6 is 0 Å². The first-order valence-corrected chi connectivity index (χ1v) is 11.0. The zero-order valence-corrected chi connectivity index (χ0v) is 18.9. The summed E-state index contributed by atoms with van der Waals surface area (Å²) in [5.41, 5.74) is 8.68. The zero-order chi connectivity index (χ0) is 25.2. The first kappa shape index (κ1) is 25.2. The van der Waals surface area contributed by atoms with Crippen molar-refractivity contribution in [3.63, 3.8) is 0 Å². The van der Waals surface area contributed by atoms with E-state index in [2.05, 4.69) is 15.8 Å². The summed E-state index contributed by atoms with van der Waals surface area (Å²) >= 11 is 0. The fraction of sp³-hybridized carbons (Fsp3) is 0.240. The number of nitrogens with zero attached hydrogens (tertiary/aromatic N) is 1. The predicted molar refractivity (Wildman–Crippen MR) is 127 cm³/mol. The second kappa shape index (κ2) is 12.1. The fourth-order valence-corrected chi connectivity index (χ4v) is 3.37. The summed E-state index contributed by atoms with van der Waals surface area (Å²) in [6.45, 7) is -0.411. The van der Waals surface area contributed by atoms with Crippen LogP contribution in [0.4, 0.5) is 0 Å². The van der Waals surface area contributed by atoms with Crippen molar-refractivity contribution in [2.45, 2.75) is 31.7 Å². The molecule has 0 radical (unpaired) electrons. The molecule has 5 N–H and O–H groups in total. The van der Waals surface area contributed by atoms with Crippen molar-refractivity contribution in [1.82, 2.24) is 15.8 Å². The molecule has 0 aliphatic carbocycles. The lowest BCUT2D eigenvalue weighted by Crippen LogP contribution is -2.48. The summed E-state index contributed by atoms with van der Waals surface area (Å²) in [4.78, 5) is 46.3. The standard InChI is InChI=1S/C25H26N4O6/c26-22(30)15-27-25(34)20(11-13-24(32)33)28-23(31)12-10-19-14-21(29-35-19)18-8-6-17(7-9-18)16-4-2-1-3-5-16/h1-9,14,20H,10-13,15H2,(H2,26,30)(H,27,34)(H,28,31)(H,32,33)/t20-/m0/s1. The van der Waals surface area contributed by atoms with Gasteiger partial charge in [-0.1, -0.05) is 59.8 Å². The smallest absolute Gasteiger partial charge is 0.303 e. The summed E-state index contributed by atoms with van der Waals surface area (Å²) in [5, 5.41) is 17.7. The number of benzene rings is 2. The van der Waals surface area contributed by atoms with E-state index >= 15 is 0 Å².